The number of nitrogens with zero attached hydrogens (tertiary/aromatic N) is 2. The average Bonchev–Trinajstić information content (AvgIpc) is 2.54. The van der Waals surface area contributed by atoms with Crippen molar-refractivity contribution in [3.05, 3.63) is 72.1 Å². The van der Waals surface area contributed by atoms with Crippen molar-refractivity contribution in [1.29, 1.82) is 0 Å². The maximum atomic E-state index is 13.1. The van der Waals surface area contributed by atoms with E-state index in [-0.39, 0.29) is 0 Å². The lowest BCUT2D eigenvalue weighted by Gasteiger charge is -2.27. The Balaban J connectivity index is 2.24. The maximum Gasteiger partial charge on any atom is 0.141 e. The predicted molar refractivity (Wildman–Crippen MR) is 79.2 cm³/mol. The third-order valence-electron chi connectivity index (χ3n) is 3.78. The van der Waals surface area contributed by atoms with Crippen molar-refractivity contribution >= 4 is 10.8 Å². The third-order valence-corrected chi connectivity index (χ3v) is 3.78. The number of fused-ring (bicyclic) bond motifs is 1. The van der Waals surface area contributed by atoms with Crippen LogP contribution in [0.15, 0.2) is 55.0 Å². The lowest BCUT2D eigenvalue weighted by atomic mass is 9.85. The molecule has 0 amide bonds. The van der Waals surface area contributed by atoms with Gasteiger partial charge in [0.25, 0.3) is 0 Å². The highest BCUT2D eigenvalue weighted by atomic mass is 19.1. The highest BCUT2D eigenvalue weighted by Crippen LogP contribution is 2.35. The van der Waals surface area contributed by atoms with Gasteiger partial charge in [-0.25, -0.2) is 4.39 Å². The molecule has 106 valence electrons. The molecule has 4 heteroatoms. The minimum Gasteiger partial charge on any atom is -0.379 e. The van der Waals surface area contributed by atoms with E-state index >= 15 is 0 Å². The Bertz CT molecular complexity index is 768. The van der Waals surface area contributed by atoms with E-state index in [1.165, 1.54) is 12.1 Å². The molecule has 0 fully saturated rings. The van der Waals surface area contributed by atoms with Crippen LogP contribution in [0.2, 0.25) is 0 Å². The second-order valence-corrected chi connectivity index (χ2v) is 4.98. The van der Waals surface area contributed by atoms with Crippen LogP contribution < -0.4 is 0 Å². The summed E-state index contributed by atoms with van der Waals surface area (Å²) in [4.78, 5) is 8.26. The standard InChI is InChI=1S/C17H15FN2O/c1-2-17(21,16-8-7-13(18)10-20-16)15-11-19-9-12-5-3-4-6-14(12)15/h3-11,21H,2H2,1H3. The van der Waals surface area contributed by atoms with E-state index in [0.29, 0.717) is 17.7 Å². The Kier molecular flexibility index (Phi) is 3.39. The summed E-state index contributed by atoms with van der Waals surface area (Å²) >= 11 is 0. The fourth-order valence-electron chi connectivity index (χ4n) is 2.58. The summed E-state index contributed by atoms with van der Waals surface area (Å²) < 4.78 is 13.1. The van der Waals surface area contributed by atoms with Gasteiger partial charge in [-0.2, -0.15) is 0 Å². The summed E-state index contributed by atoms with van der Waals surface area (Å²) in [5.74, 6) is -0.423. The zero-order valence-electron chi connectivity index (χ0n) is 11.6. The minimum atomic E-state index is -1.29. The molecule has 3 rings (SSSR count). The summed E-state index contributed by atoms with van der Waals surface area (Å²) in [7, 11) is 0. The van der Waals surface area contributed by atoms with Crippen LogP contribution in [-0.4, -0.2) is 15.1 Å². The van der Waals surface area contributed by atoms with Gasteiger partial charge in [-0.15, -0.1) is 0 Å². The van der Waals surface area contributed by atoms with Gasteiger partial charge in [0, 0.05) is 23.3 Å². The summed E-state index contributed by atoms with van der Waals surface area (Å²) in [6, 6.07) is 10.5. The number of rotatable bonds is 3. The van der Waals surface area contributed by atoms with E-state index in [1.807, 2.05) is 31.2 Å². The lowest BCUT2D eigenvalue weighted by molar-refractivity contribution is 0.0730. The summed E-state index contributed by atoms with van der Waals surface area (Å²) in [5, 5.41) is 13.0. The molecule has 1 N–H and O–H groups in total. The Hall–Kier alpha value is -2.33. The van der Waals surface area contributed by atoms with Gasteiger partial charge in [0.05, 0.1) is 11.9 Å². The van der Waals surface area contributed by atoms with Crippen LogP contribution in [-0.2, 0) is 5.60 Å². The SMILES string of the molecule is CCC(O)(c1ccc(F)cn1)c1cncc2ccccc12. The normalized spacial score (nSPS) is 14.0. The maximum absolute atomic E-state index is 13.1. The van der Waals surface area contributed by atoms with Crippen LogP contribution in [0, 0.1) is 5.82 Å². The highest BCUT2D eigenvalue weighted by molar-refractivity contribution is 5.85. The van der Waals surface area contributed by atoms with Gasteiger partial charge in [0.1, 0.15) is 11.4 Å². The third kappa shape index (κ3) is 2.28. The molecule has 2 aromatic heterocycles. The van der Waals surface area contributed by atoms with Gasteiger partial charge < -0.3 is 5.11 Å². The van der Waals surface area contributed by atoms with Crippen LogP contribution in [0.25, 0.3) is 10.8 Å². The van der Waals surface area contributed by atoms with E-state index in [2.05, 4.69) is 9.97 Å². The van der Waals surface area contributed by atoms with E-state index in [9.17, 15) is 9.50 Å². The van der Waals surface area contributed by atoms with Crippen molar-refractivity contribution in [1.82, 2.24) is 9.97 Å². The summed E-state index contributed by atoms with van der Waals surface area (Å²) in [6.07, 6.45) is 4.94. The molecule has 0 saturated carbocycles. The van der Waals surface area contributed by atoms with Gasteiger partial charge in [-0.05, 0) is 23.9 Å². The van der Waals surface area contributed by atoms with Crippen molar-refractivity contribution in [2.24, 2.45) is 0 Å². The molecule has 1 atom stereocenters. The first kappa shape index (κ1) is 13.6. The molecule has 0 aliphatic rings. The molecular formula is C17H15FN2O. The Labute approximate surface area is 122 Å². The second kappa shape index (κ2) is 5.22. The van der Waals surface area contributed by atoms with Gasteiger partial charge in [-0.1, -0.05) is 31.2 Å². The number of hydrogen-bond acceptors (Lipinski definition) is 3. The molecular weight excluding hydrogens is 267 g/mol. The average molecular weight is 282 g/mol. The molecule has 0 bridgehead atoms. The summed E-state index contributed by atoms with van der Waals surface area (Å²) in [5.41, 5.74) is -0.187. The zero-order valence-corrected chi connectivity index (χ0v) is 11.6. The number of benzene rings is 1. The van der Waals surface area contributed by atoms with Crippen LogP contribution in [0.4, 0.5) is 4.39 Å². The highest BCUT2D eigenvalue weighted by Gasteiger charge is 2.33. The lowest BCUT2D eigenvalue weighted by Crippen LogP contribution is -2.28. The van der Waals surface area contributed by atoms with Crippen LogP contribution in [0.3, 0.4) is 0 Å². The first-order valence-corrected chi connectivity index (χ1v) is 6.83. The molecule has 0 saturated heterocycles. The minimum absolute atomic E-state index is 0.418. The van der Waals surface area contributed by atoms with Gasteiger partial charge in [0.2, 0.25) is 0 Å². The molecule has 1 unspecified atom stereocenters. The van der Waals surface area contributed by atoms with E-state index in [0.717, 1.165) is 17.0 Å². The number of aliphatic hydroxyl groups is 1. The molecule has 0 spiro atoms. The van der Waals surface area contributed by atoms with Gasteiger partial charge in [0.15, 0.2) is 0 Å². The molecule has 3 nitrogen and oxygen atoms in total. The van der Waals surface area contributed by atoms with E-state index in [4.69, 9.17) is 0 Å². The van der Waals surface area contributed by atoms with E-state index < -0.39 is 11.4 Å². The first-order chi connectivity index (χ1) is 10.1. The van der Waals surface area contributed by atoms with Crippen molar-refractivity contribution in [3.63, 3.8) is 0 Å². The number of halogens is 1. The Morgan fingerprint density at radius 1 is 1.10 bits per heavy atom. The van der Waals surface area contributed by atoms with Crippen molar-refractivity contribution in [2.45, 2.75) is 18.9 Å². The quantitative estimate of drug-likeness (QED) is 0.800. The summed E-state index contributed by atoms with van der Waals surface area (Å²) in [6.45, 7) is 1.87. The topological polar surface area (TPSA) is 46.0 Å². The molecule has 1 aromatic carbocycles. The number of pyridine rings is 2. The van der Waals surface area contributed by atoms with Gasteiger partial charge >= 0.3 is 0 Å². The van der Waals surface area contributed by atoms with Crippen molar-refractivity contribution in [2.75, 3.05) is 0 Å². The van der Waals surface area contributed by atoms with Gasteiger partial charge in [-0.3, -0.25) is 9.97 Å². The van der Waals surface area contributed by atoms with Crippen molar-refractivity contribution in [3.8, 4) is 0 Å². The monoisotopic (exact) mass is 282 g/mol. The first-order valence-electron chi connectivity index (χ1n) is 6.83. The fourth-order valence-corrected chi connectivity index (χ4v) is 2.58. The fraction of sp³-hybridized carbons (Fsp3) is 0.176. The largest absolute Gasteiger partial charge is 0.379 e. The van der Waals surface area contributed by atoms with Crippen molar-refractivity contribution < 1.29 is 9.50 Å². The molecule has 21 heavy (non-hydrogen) atoms. The Morgan fingerprint density at radius 3 is 2.62 bits per heavy atom. The molecule has 0 aliphatic heterocycles. The van der Waals surface area contributed by atoms with Crippen LogP contribution in [0.1, 0.15) is 24.6 Å². The second-order valence-electron chi connectivity index (χ2n) is 4.98. The number of aromatic nitrogens is 2. The Morgan fingerprint density at radius 2 is 1.90 bits per heavy atom. The van der Waals surface area contributed by atoms with Crippen LogP contribution >= 0.6 is 0 Å². The van der Waals surface area contributed by atoms with E-state index in [1.54, 1.807) is 12.4 Å². The zero-order chi connectivity index (χ0) is 14.9. The predicted octanol–water partition coefficient (Wildman–Crippen LogP) is 3.41. The smallest absolute Gasteiger partial charge is 0.141 e. The molecule has 3 aromatic rings. The number of hydrogen-bond donors (Lipinski definition) is 1. The molecule has 0 radical (unpaired) electrons. The molecule has 2 heterocycles. The molecule has 0 aliphatic carbocycles. The van der Waals surface area contributed by atoms with Crippen LogP contribution in [0.5, 0.6) is 0 Å².